The molecule has 0 heterocycles. The number of aliphatic hydroxyl groups excluding tert-OH is 1. The zero-order chi connectivity index (χ0) is 13.0. The number of phenols is 3. The summed E-state index contributed by atoms with van der Waals surface area (Å²) in [6.07, 6.45) is 0.212. The molecule has 0 saturated carbocycles. The average Bonchev–Trinajstić information content (AvgIpc) is 2.24. The van der Waals surface area contributed by atoms with E-state index in [0.29, 0.717) is 18.5 Å². The van der Waals surface area contributed by atoms with Gasteiger partial charge in [-0.1, -0.05) is 6.07 Å². The van der Waals surface area contributed by atoms with Crippen LogP contribution in [0.1, 0.15) is 25.8 Å². The van der Waals surface area contributed by atoms with E-state index in [1.807, 2.05) is 6.92 Å². The minimum atomic E-state index is -0.507. The van der Waals surface area contributed by atoms with Gasteiger partial charge in [0.05, 0.1) is 6.10 Å². The van der Waals surface area contributed by atoms with Gasteiger partial charge < -0.3 is 25.7 Å². The molecule has 0 radical (unpaired) electrons. The van der Waals surface area contributed by atoms with Crippen LogP contribution in [0.25, 0.3) is 0 Å². The van der Waals surface area contributed by atoms with Crippen LogP contribution in [0.4, 0.5) is 0 Å². The van der Waals surface area contributed by atoms with Crippen molar-refractivity contribution < 1.29 is 20.4 Å². The molecule has 1 rings (SSSR count). The second-order valence-electron chi connectivity index (χ2n) is 4.31. The summed E-state index contributed by atoms with van der Waals surface area (Å²) >= 11 is 0. The Bertz CT molecular complexity index is 379. The van der Waals surface area contributed by atoms with Gasteiger partial charge in [-0.3, -0.25) is 0 Å². The van der Waals surface area contributed by atoms with E-state index >= 15 is 0 Å². The van der Waals surface area contributed by atoms with Crippen molar-refractivity contribution in [2.75, 3.05) is 0 Å². The second kappa shape index (κ2) is 5.75. The number of hydrogen-bond acceptors (Lipinski definition) is 5. The Morgan fingerprint density at radius 2 is 1.76 bits per heavy atom. The molecule has 5 heteroatoms. The largest absolute Gasteiger partial charge is 0.504 e. The third-order valence-corrected chi connectivity index (χ3v) is 2.55. The van der Waals surface area contributed by atoms with E-state index in [1.54, 1.807) is 6.92 Å². The summed E-state index contributed by atoms with van der Waals surface area (Å²) in [6.45, 7) is 3.99. The van der Waals surface area contributed by atoms with Crippen LogP contribution in [-0.2, 0) is 6.54 Å². The molecule has 0 aliphatic carbocycles. The van der Waals surface area contributed by atoms with Gasteiger partial charge in [-0.05, 0) is 26.3 Å². The lowest BCUT2D eigenvalue weighted by Crippen LogP contribution is -2.28. The standard InChI is InChI=1S/C12H19NO4/c1-7(5-8(2)14)13-6-9-3-4-10(15)12(17)11(9)16/h3-4,7-8,13-17H,5-6H2,1-2H3. The van der Waals surface area contributed by atoms with Crippen molar-refractivity contribution in [1.29, 1.82) is 0 Å². The number of aliphatic hydroxyl groups is 1. The van der Waals surface area contributed by atoms with Gasteiger partial charge in [-0.15, -0.1) is 0 Å². The molecule has 1 aromatic carbocycles. The lowest BCUT2D eigenvalue weighted by Gasteiger charge is -2.16. The Hall–Kier alpha value is -1.46. The van der Waals surface area contributed by atoms with Crippen molar-refractivity contribution in [3.8, 4) is 17.2 Å². The maximum absolute atomic E-state index is 9.57. The van der Waals surface area contributed by atoms with Crippen molar-refractivity contribution in [2.45, 2.75) is 39.0 Å². The Kier molecular flexibility index (Phi) is 4.60. The van der Waals surface area contributed by atoms with Gasteiger partial charge in [0.25, 0.3) is 0 Å². The first-order valence-corrected chi connectivity index (χ1v) is 5.56. The Balaban J connectivity index is 2.61. The van der Waals surface area contributed by atoms with Gasteiger partial charge in [0, 0.05) is 18.2 Å². The maximum Gasteiger partial charge on any atom is 0.200 e. The van der Waals surface area contributed by atoms with Crippen LogP contribution in [0.3, 0.4) is 0 Å². The molecule has 0 fully saturated rings. The van der Waals surface area contributed by atoms with E-state index in [0.717, 1.165) is 0 Å². The number of benzene rings is 1. The predicted molar refractivity (Wildman–Crippen MR) is 64.0 cm³/mol. The molecule has 0 bridgehead atoms. The van der Waals surface area contributed by atoms with E-state index in [2.05, 4.69) is 5.32 Å². The number of phenolic OH excluding ortho intramolecular Hbond substituents is 3. The van der Waals surface area contributed by atoms with Gasteiger partial charge in [-0.2, -0.15) is 0 Å². The van der Waals surface area contributed by atoms with Gasteiger partial charge in [0.2, 0.25) is 5.75 Å². The van der Waals surface area contributed by atoms with E-state index in [4.69, 9.17) is 5.11 Å². The average molecular weight is 241 g/mol. The summed E-state index contributed by atoms with van der Waals surface area (Å²) in [5.41, 5.74) is 0.498. The molecule has 0 amide bonds. The first kappa shape index (κ1) is 13.6. The summed E-state index contributed by atoms with van der Waals surface area (Å²) in [6, 6.07) is 2.95. The summed E-state index contributed by atoms with van der Waals surface area (Å²) in [5, 5.41) is 40.4. The molecule has 0 saturated heterocycles. The highest BCUT2D eigenvalue weighted by Gasteiger charge is 2.12. The molecular weight excluding hydrogens is 222 g/mol. The third-order valence-electron chi connectivity index (χ3n) is 2.55. The lowest BCUT2D eigenvalue weighted by atomic mass is 10.1. The molecular formula is C12H19NO4. The fraction of sp³-hybridized carbons (Fsp3) is 0.500. The van der Waals surface area contributed by atoms with Gasteiger partial charge in [0.1, 0.15) is 0 Å². The van der Waals surface area contributed by atoms with E-state index < -0.39 is 5.75 Å². The summed E-state index contributed by atoms with van der Waals surface area (Å²) in [7, 11) is 0. The molecule has 1 aromatic rings. The second-order valence-corrected chi connectivity index (χ2v) is 4.31. The highest BCUT2D eigenvalue weighted by Crippen LogP contribution is 2.36. The van der Waals surface area contributed by atoms with Crippen LogP contribution in [0.2, 0.25) is 0 Å². The lowest BCUT2D eigenvalue weighted by molar-refractivity contribution is 0.170. The maximum atomic E-state index is 9.57. The molecule has 0 aliphatic heterocycles. The van der Waals surface area contributed by atoms with Crippen molar-refractivity contribution in [3.05, 3.63) is 17.7 Å². The highest BCUT2D eigenvalue weighted by molar-refractivity contribution is 5.52. The van der Waals surface area contributed by atoms with Crippen molar-refractivity contribution in [2.24, 2.45) is 0 Å². The van der Waals surface area contributed by atoms with E-state index in [9.17, 15) is 15.3 Å². The zero-order valence-electron chi connectivity index (χ0n) is 10.0. The van der Waals surface area contributed by atoms with Crippen molar-refractivity contribution >= 4 is 0 Å². The zero-order valence-corrected chi connectivity index (χ0v) is 10.0. The smallest absolute Gasteiger partial charge is 0.200 e. The summed E-state index contributed by atoms with van der Waals surface area (Å²) < 4.78 is 0. The molecule has 0 aliphatic rings. The highest BCUT2D eigenvalue weighted by atomic mass is 16.3. The summed E-state index contributed by atoms with van der Waals surface area (Å²) in [4.78, 5) is 0. The monoisotopic (exact) mass is 241 g/mol. The van der Waals surface area contributed by atoms with Gasteiger partial charge in [0.15, 0.2) is 11.5 Å². The minimum Gasteiger partial charge on any atom is -0.504 e. The van der Waals surface area contributed by atoms with Crippen molar-refractivity contribution in [3.63, 3.8) is 0 Å². The van der Waals surface area contributed by atoms with Crippen LogP contribution < -0.4 is 5.32 Å². The molecule has 96 valence electrons. The molecule has 2 unspecified atom stereocenters. The molecule has 0 spiro atoms. The Morgan fingerprint density at radius 3 is 2.35 bits per heavy atom. The van der Waals surface area contributed by atoms with Gasteiger partial charge >= 0.3 is 0 Å². The van der Waals surface area contributed by atoms with Crippen molar-refractivity contribution in [1.82, 2.24) is 5.32 Å². The normalized spacial score (nSPS) is 14.5. The first-order chi connectivity index (χ1) is 7.91. The number of nitrogens with one attached hydrogen (secondary N) is 1. The molecule has 2 atom stereocenters. The minimum absolute atomic E-state index is 0.0883. The van der Waals surface area contributed by atoms with Crippen LogP contribution in [0.5, 0.6) is 17.2 Å². The van der Waals surface area contributed by atoms with Crippen LogP contribution >= 0.6 is 0 Å². The fourth-order valence-electron chi connectivity index (χ4n) is 1.63. The molecule has 5 nitrogen and oxygen atoms in total. The molecule has 17 heavy (non-hydrogen) atoms. The van der Waals surface area contributed by atoms with E-state index in [1.165, 1.54) is 12.1 Å². The number of hydrogen-bond donors (Lipinski definition) is 5. The predicted octanol–water partition coefficient (Wildman–Crippen LogP) is 1.05. The SMILES string of the molecule is CC(O)CC(C)NCc1ccc(O)c(O)c1O. The van der Waals surface area contributed by atoms with Gasteiger partial charge in [-0.25, -0.2) is 0 Å². The Morgan fingerprint density at radius 1 is 1.12 bits per heavy atom. The van der Waals surface area contributed by atoms with Crippen LogP contribution in [-0.4, -0.2) is 32.6 Å². The molecule has 5 N–H and O–H groups in total. The Labute approximate surface area is 100 Å². The third kappa shape index (κ3) is 3.80. The molecule has 0 aromatic heterocycles. The number of rotatable bonds is 5. The fourth-order valence-corrected chi connectivity index (χ4v) is 1.63. The summed E-state index contributed by atoms with van der Waals surface area (Å²) in [5.74, 6) is -1.17. The quantitative estimate of drug-likeness (QED) is 0.497. The van der Waals surface area contributed by atoms with E-state index in [-0.39, 0.29) is 23.6 Å². The topological polar surface area (TPSA) is 93.0 Å². The van der Waals surface area contributed by atoms with Crippen LogP contribution in [0, 0.1) is 0 Å². The van der Waals surface area contributed by atoms with Crippen LogP contribution in [0.15, 0.2) is 12.1 Å². The first-order valence-electron chi connectivity index (χ1n) is 5.56. The number of aromatic hydroxyl groups is 3.